The van der Waals surface area contributed by atoms with Gasteiger partial charge in [-0.1, -0.05) is 0 Å². The fourth-order valence-electron chi connectivity index (χ4n) is 1.83. The number of aromatic amines is 1. The smallest absolute Gasteiger partial charge is 0.203 e. The lowest BCUT2D eigenvalue weighted by atomic mass is 10.1. The minimum Gasteiger partial charge on any atom is -0.497 e. The van der Waals surface area contributed by atoms with Gasteiger partial charge in [-0.3, -0.25) is 9.59 Å². The molecule has 1 heterocycles. The maximum atomic E-state index is 12.2. The molecule has 1 aromatic heterocycles. The van der Waals surface area contributed by atoms with Gasteiger partial charge in [0.05, 0.1) is 30.7 Å². The molecule has 0 amide bonds. The summed E-state index contributed by atoms with van der Waals surface area (Å²) in [7, 11) is 3.00. The Morgan fingerprint density at radius 1 is 1.22 bits per heavy atom. The predicted octanol–water partition coefficient (Wildman–Crippen LogP) is 1.75. The molecule has 0 bridgehead atoms. The van der Waals surface area contributed by atoms with Crippen molar-refractivity contribution < 1.29 is 14.3 Å². The Balaban J connectivity index is 2.88. The Kier molecular flexibility index (Phi) is 3.06. The zero-order chi connectivity index (χ0) is 13.3. The van der Waals surface area contributed by atoms with E-state index in [1.54, 1.807) is 12.1 Å². The fraction of sp³-hybridized carbons (Fsp3) is 0.231. The van der Waals surface area contributed by atoms with Crippen molar-refractivity contribution in [2.24, 2.45) is 0 Å². The van der Waals surface area contributed by atoms with Crippen LogP contribution in [0.2, 0.25) is 0 Å². The Morgan fingerprint density at radius 3 is 2.50 bits per heavy atom. The topological polar surface area (TPSA) is 68.4 Å². The normalized spacial score (nSPS) is 10.4. The van der Waals surface area contributed by atoms with Gasteiger partial charge < -0.3 is 14.5 Å². The molecule has 0 aliphatic rings. The van der Waals surface area contributed by atoms with Crippen LogP contribution in [0, 0.1) is 0 Å². The lowest BCUT2D eigenvalue weighted by Crippen LogP contribution is -2.14. The van der Waals surface area contributed by atoms with Gasteiger partial charge in [0.1, 0.15) is 11.5 Å². The van der Waals surface area contributed by atoms with E-state index in [2.05, 4.69) is 4.98 Å². The average Bonchev–Trinajstić information content (AvgIpc) is 2.37. The Hall–Kier alpha value is -2.30. The third kappa shape index (κ3) is 1.84. The van der Waals surface area contributed by atoms with Crippen molar-refractivity contribution >= 4 is 16.7 Å². The summed E-state index contributed by atoms with van der Waals surface area (Å²) in [5.74, 6) is 0.676. The molecule has 0 saturated carbocycles. The first-order valence-electron chi connectivity index (χ1n) is 5.37. The van der Waals surface area contributed by atoms with Crippen LogP contribution in [0.1, 0.15) is 17.3 Å². The molecule has 0 atom stereocenters. The molecule has 5 nitrogen and oxygen atoms in total. The van der Waals surface area contributed by atoms with E-state index in [1.165, 1.54) is 27.3 Å². The number of fused-ring (bicyclic) bond motifs is 1. The van der Waals surface area contributed by atoms with Crippen LogP contribution in [0.15, 0.2) is 23.1 Å². The molecule has 1 N–H and O–H groups in total. The number of nitrogens with one attached hydrogen (secondary N) is 1. The minimum absolute atomic E-state index is 0.117. The molecule has 0 radical (unpaired) electrons. The van der Waals surface area contributed by atoms with Gasteiger partial charge in [0.2, 0.25) is 5.43 Å². The Bertz CT molecular complexity index is 672. The Morgan fingerprint density at radius 2 is 1.94 bits per heavy atom. The number of carbonyl (C=O) groups excluding carboxylic acids is 1. The fourth-order valence-corrected chi connectivity index (χ4v) is 1.83. The first-order chi connectivity index (χ1) is 8.58. The van der Waals surface area contributed by atoms with Crippen LogP contribution >= 0.6 is 0 Å². The standard InChI is InChI=1S/C13H13NO4/c1-7(15)9-6-14-10-4-8(17-2)5-11(18-3)12(10)13(9)16/h4-6H,1-3H3,(H,14,16). The van der Waals surface area contributed by atoms with Gasteiger partial charge in [-0.25, -0.2) is 0 Å². The molecule has 0 spiro atoms. The summed E-state index contributed by atoms with van der Waals surface area (Å²) in [5, 5.41) is 0.353. The van der Waals surface area contributed by atoms with Crippen LogP contribution in [0.25, 0.3) is 10.9 Å². The van der Waals surface area contributed by atoms with Gasteiger partial charge in [-0.2, -0.15) is 0 Å². The predicted molar refractivity (Wildman–Crippen MR) is 67.7 cm³/mol. The number of ether oxygens (including phenoxy) is 2. The second-order valence-corrected chi connectivity index (χ2v) is 3.84. The number of ketones is 1. The quantitative estimate of drug-likeness (QED) is 0.839. The highest BCUT2D eigenvalue weighted by Gasteiger charge is 2.14. The summed E-state index contributed by atoms with van der Waals surface area (Å²) in [4.78, 5) is 26.4. The van der Waals surface area contributed by atoms with Crippen molar-refractivity contribution in [1.29, 1.82) is 0 Å². The second-order valence-electron chi connectivity index (χ2n) is 3.84. The number of hydrogen-bond acceptors (Lipinski definition) is 4. The maximum Gasteiger partial charge on any atom is 0.203 e. The molecule has 94 valence electrons. The molecule has 2 rings (SSSR count). The number of rotatable bonds is 3. The molecule has 2 aromatic rings. The first kappa shape index (κ1) is 12.2. The summed E-state index contributed by atoms with van der Waals surface area (Å²) >= 11 is 0. The second kappa shape index (κ2) is 4.52. The zero-order valence-corrected chi connectivity index (χ0v) is 10.4. The third-order valence-electron chi connectivity index (χ3n) is 2.75. The summed E-state index contributed by atoms with van der Waals surface area (Å²) in [6.45, 7) is 1.35. The van der Waals surface area contributed by atoms with E-state index < -0.39 is 0 Å². The molecule has 0 unspecified atom stereocenters. The Labute approximate surface area is 103 Å². The SMILES string of the molecule is COc1cc(OC)c2c(=O)c(C(C)=O)c[nH]c2c1. The maximum absolute atomic E-state index is 12.2. The van der Waals surface area contributed by atoms with Crippen LogP contribution < -0.4 is 14.9 Å². The van der Waals surface area contributed by atoms with E-state index in [4.69, 9.17) is 9.47 Å². The molecule has 1 aromatic carbocycles. The summed E-state index contributed by atoms with van der Waals surface area (Å²) in [6.07, 6.45) is 1.41. The van der Waals surface area contributed by atoms with Crippen LogP contribution in [0.5, 0.6) is 11.5 Å². The molecule has 0 fully saturated rings. The van der Waals surface area contributed by atoms with E-state index in [1.807, 2.05) is 0 Å². The summed E-state index contributed by atoms with van der Waals surface area (Å²) in [5.41, 5.74) is 0.350. The van der Waals surface area contributed by atoms with E-state index in [9.17, 15) is 9.59 Å². The highest BCUT2D eigenvalue weighted by Crippen LogP contribution is 2.27. The number of Topliss-reactive ketones (excluding diaryl/α,β-unsaturated/α-hetero) is 1. The number of H-pyrrole nitrogens is 1. The van der Waals surface area contributed by atoms with Gasteiger partial charge in [0.25, 0.3) is 0 Å². The molecule has 5 heteroatoms. The lowest BCUT2D eigenvalue weighted by Gasteiger charge is -2.08. The first-order valence-corrected chi connectivity index (χ1v) is 5.37. The zero-order valence-electron chi connectivity index (χ0n) is 10.4. The van der Waals surface area contributed by atoms with Gasteiger partial charge in [-0.15, -0.1) is 0 Å². The van der Waals surface area contributed by atoms with E-state index >= 15 is 0 Å². The minimum atomic E-state index is -0.337. The van der Waals surface area contributed by atoms with E-state index in [0.717, 1.165) is 0 Å². The molecule has 18 heavy (non-hydrogen) atoms. The van der Waals surface area contributed by atoms with Crippen LogP contribution in [-0.2, 0) is 0 Å². The monoisotopic (exact) mass is 247 g/mol. The average molecular weight is 247 g/mol. The number of aromatic nitrogens is 1. The van der Waals surface area contributed by atoms with Crippen LogP contribution in [0.4, 0.5) is 0 Å². The van der Waals surface area contributed by atoms with Gasteiger partial charge in [0.15, 0.2) is 5.78 Å². The number of hydrogen-bond donors (Lipinski definition) is 1. The van der Waals surface area contributed by atoms with Crippen molar-refractivity contribution in [3.63, 3.8) is 0 Å². The number of carbonyl (C=O) groups is 1. The molecule has 0 aliphatic carbocycles. The summed E-state index contributed by atoms with van der Waals surface area (Å²) in [6, 6.07) is 3.30. The van der Waals surface area contributed by atoms with Crippen molar-refractivity contribution in [3.8, 4) is 11.5 Å². The molecular weight excluding hydrogens is 234 g/mol. The van der Waals surface area contributed by atoms with Crippen molar-refractivity contribution in [3.05, 3.63) is 34.1 Å². The largest absolute Gasteiger partial charge is 0.497 e. The van der Waals surface area contributed by atoms with Crippen LogP contribution in [-0.4, -0.2) is 25.0 Å². The number of pyridine rings is 1. The van der Waals surface area contributed by atoms with Crippen molar-refractivity contribution in [2.45, 2.75) is 6.92 Å². The van der Waals surface area contributed by atoms with E-state index in [-0.39, 0.29) is 16.8 Å². The van der Waals surface area contributed by atoms with Crippen molar-refractivity contribution in [1.82, 2.24) is 4.98 Å². The summed E-state index contributed by atoms with van der Waals surface area (Å²) < 4.78 is 10.3. The van der Waals surface area contributed by atoms with Crippen LogP contribution in [0.3, 0.4) is 0 Å². The molecule has 0 aliphatic heterocycles. The van der Waals surface area contributed by atoms with E-state index in [0.29, 0.717) is 22.4 Å². The number of benzene rings is 1. The molecular formula is C13H13NO4. The van der Waals surface area contributed by atoms with Gasteiger partial charge in [-0.05, 0) is 6.92 Å². The molecule has 0 saturated heterocycles. The lowest BCUT2D eigenvalue weighted by molar-refractivity contribution is 0.101. The van der Waals surface area contributed by atoms with Crippen molar-refractivity contribution in [2.75, 3.05) is 14.2 Å². The third-order valence-corrected chi connectivity index (χ3v) is 2.75. The van der Waals surface area contributed by atoms with Gasteiger partial charge in [0, 0.05) is 18.3 Å². The van der Waals surface area contributed by atoms with Gasteiger partial charge >= 0.3 is 0 Å². The highest BCUT2D eigenvalue weighted by atomic mass is 16.5. The highest BCUT2D eigenvalue weighted by molar-refractivity contribution is 5.98. The number of methoxy groups -OCH3 is 2.